The van der Waals surface area contributed by atoms with Crippen molar-refractivity contribution >= 4 is 23.6 Å². The number of rotatable bonds is 10. The Bertz CT molecular complexity index is 889. The predicted octanol–water partition coefficient (Wildman–Crippen LogP) is 2.09. The van der Waals surface area contributed by atoms with Gasteiger partial charge in [0.25, 0.3) is 0 Å². The monoisotopic (exact) mass is 460 g/mol. The molecule has 0 saturated heterocycles. The van der Waals surface area contributed by atoms with Gasteiger partial charge in [0.2, 0.25) is 11.8 Å². The fourth-order valence-electron chi connectivity index (χ4n) is 3.67. The first-order chi connectivity index (χ1) is 15.5. The topological polar surface area (TPSA) is 102 Å². The Morgan fingerprint density at radius 1 is 1.22 bits per heavy atom. The van der Waals surface area contributed by atoms with Gasteiger partial charge in [-0.25, -0.2) is 4.98 Å². The zero-order valence-corrected chi connectivity index (χ0v) is 19.8. The van der Waals surface area contributed by atoms with Crippen LogP contribution in [-0.4, -0.2) is 69.0 Å². The fourth-order valence-corrected chi connectivity index (χ4v) is 4.44. The van der Waals surface area contributed by atoms with Gasteiger partial charge in [-0.05, 0) is 24.5 Å². The summed E-state index contributed by atoms with van der Waals surface area (Å²) in [5, 5.41) is 12.7. The van der Waals surface area contributed by atoms with Gasteiger partial charge in [0, 0.05) is 45.8 Å². The van der Waals surface area contributed by atoms with Crippen molar-refractivity contribution in [3.05, 3.63) is 36.0 Å². The Balaban J connectivity index is 1.64. The van der Waals surface area contributed by atoms with E-state index >= 15 is 0 Å². The van der Waals surface area contributed by atoms with Gasteiger partial charge >= 0.3 is 0 Å². The molecule has 1 N–H and O–H groups in total. The van der Waals surface area contributed by atoms with Crippen molar-refractivity contribution in [3.8, 4) is 0 Å². The average Bonchev–Trinajstić information content (AvgIpc) is 3.07. The second kappa shape index (κ2) is 12.0. The van der Waals surface area contributed by atoms with Gasteiger partial charge in [-0.2, -0.15) is 0 Å². The molecule has 10 heteroatoms. The maximum atomic E-state index is 12.8. The third-order valence-electron chi connectivity index (χ3n) is 5.28. The van der Waals surface area contributed by atoms with Gasteiger partial charge in [0.05, 0.1) is 23.4 Å². The van der Waals surface area contributed by atoms with Crippen LogP contribution in [0.2, 0.25) is 0 Å². The summed E-state index contributed by atoms with van der Waals surface area (Å²) in [6.07, 6.45) is 3.44. The van der Waals surface area contributed by atoms with Gasteiger partial charge in [-0.15, -0.1) is 10.2 Å². The summed E-state index contributed by atoms with van der Waals surface area (Å²) in [7, 11) is 1.58. The van der Waals surface area contributed by atoms with Crippen LogP contribution in [0.4, 0.5) is 0 Å². The summed E-state index contributed by atoms with van der Waals surface area (Å²) < 4.78 is 7.09. The van der Waals surface area contributed by atoms with E-state index in [1.54, 1.807) is 13.3 Å². The Labute approximate surface area is 193 Å². The normalized spacial score (nSPS) is 14.7. The number of pyridine rings is 1. The van der Waals surface area contributed by atoms with Crippen LogP contribution in [0.25, 0.3) is 0 Å². The molecule has 0 fully saturated rings. The van der Waals surface area contributed by atoms with Crippen LogP contribution in [0.15, 0.2) is 29.4 Å². The lowest BCUT2D eigenvalue weighted by Gasteiger charge is -2.22. The number of aromatic nitrogens is 4. The molecular weight excluding hydrogens is 428 g/mol. The minimum Gasteiger partial charge on any atom is -0.384 e. The van der Waals surface area contributed by atoms with Crippen molar-refractivity contribution in [3.63, 3.8) is 0 Å². The minimum atomic E-state index is -0.220. The molecule has 0 bridgehead atoms. The summed E-state index contributed by atoms with van der Waals surface area (Å²) in [6, 6.07) is 5.47. The molecule has 0 aliphatic carbocycles. The van der Waals surface area contributed by atoms with Crippen LogP contribution in [-0.2, 0) is 27.3 Å². The van der Waals surface area contributed by atoms with Crippen LogP contribution in [0.1, 0.15) is 44.4 Å². The van der Waals surface area contributed by atoms with Crippen LogP contribution >= 0.6 is 11.8 Å². The zero-order valence-electron chi connectivity index (χ0n) is 19.0. The van der Waals surface area contributed by atoms with Crippen molar-refractivity contribution in [2.24, 2.45) is 5.92 Å². The first-order valence-corrected chi connectivity index (χ1v) is 12.0. The third kappa shape index (κ3) is 6.77. The van der Waals surface area contributed by atoms with Crippen LogP contribution in [0.3, 0.4) is 0 Å². The van der Waals surface area contributed by atoms with E-state index in [2.05, 4.69) is 38.9 Å². The predicted molar refractivity (Wildman–Crippen MR) is 122 cm³/mol. The summed E-state index contributed by atoms with van der Waals surface area (Å²) in [5.41, 5.74) is 0. The van der Waals surface area contributed by atoms with Crippen LogP contribution in [0.5, 0.6) is 0 Å². The summed E-state index contributed by atoms with van der Waals surface area (Å²) >= 11 is 1.45. The van der Waals surface area contributed by atoms with E-state index in [0.29, 0.717) is 50.8 Å². The molecule has 1 atom stereocenters. The molecule has 1 aliphatic rings. The molecule has 2 aromatic rings. The largest absolute Gasteiger partial charge is 0.384 e. The summed E-state index contributed by atoms with van der Waals surface area (Å²) in [6.45, 7) is 6.42. The first kappa shape index (κ1) is 24.2. The first-order valence-electron chi connectivity index (χ1n) is 11.0. The second-order valence-electron chi connectivity index (χ2n) is 8.21. The molecule has 0 aromatic carbocycles. The maximum Gasteiger partial charge on any atom is 0.233 e. The smallest absolute Gasteiger partial charge is 0.233 e. The quantitative estimate of drug-likeness (QED) is 0.542. The highest BCUT2D eigenvalue weighted by molar-refractivity contribution is 7.99. The third-order valence-corrected chi connectivity index (χ3v) is 6.20. The van der Waals surface area contributed by atoms with E-state index in [-0.39, 0.29) is 17.9 Å². The molecule has 32 heavy (non-hydrogen) atoms. The van der Waals surface area contributed by atoms with Crippen LogP contribution in [0, 0.1) is 5.92 Å². The second-order valence-corrected chi connectivity index (χ2v) is 9.20. The van der Waals surface area contributed by atoms with Gasteiger partial charge in [0.15, 0.2) is 5.82 Å². The standard InChI is InChI=1S/C22H32N6O3S/c1-16(2)14-17(24-19(29)8-13-31-3)22-26-25-18-7-10-27(11-12-28(18)22)21(30)15-32-20-6-4-5-9-23-20/h4-6,9,16-17H,7-8,10-15H2,1-3H3,(H,24,29). The number of methoxy groups -OCH3 is 1. The summed E-state index contributed by atoms with van der Waals surface area (Å²) in [4.78, 5) is 31.3. The van der Waals surface area contributed by atoms with E-state index in [4.69, 9.17) is 4.74 Å². The number of carbonyl (C=O) groups is 2. The molecule has 0 spiro atoms. The number of thioether (sulfide) groups is 1. The van der Waals surface area contributed by atoms with E-state index < -0.39 is 0 Å². The van der Waals surface area contributed by atoms with Crippen molar-refractivity contribution in [2.45, 2.75) is 50.7 Å². The highest BCUT2D eigenvalue weighted by Gasteiger charge is 2.27. The Kier molecular flexibility index (Phi) is 9.04. The van der Waals surface area contributed by atoms with E-state index in [9.17, 15) is 9.59 Å². The Morgan fingerprint density at radius 2 is 2.06 bits per heavy atom. The Hall–Kier alpha value is -2.46. The lowest BCUT2D eigenvalue weighted by atomic mass is 10.0. The van der Waals surface area contributed by atoms with Gasteiger partial charge in [-0.3, -0.25) is 9.59 Å². The van der Waals surface area contributed by atoms with E-state index in [1.165, 1.54) is 11.8 Å². The fraction of sp³-hybridized carbons (Fsp3) is 0.591. The molecule has 9 nitrogen and oxygen atoms in total. The molecule has 1 aliphatic heterocycles. The SMILES string of the molecule is COCCC(=O)NC(CC(C)C)c1nnc2n1CCN(C(=O)CSc1ccccn1)CC2. The number of fused-ring (bicyclic) bond motifs is 1. The van der Waals surface area contributed by atoms with Crippen LogP contribution < -0.4 is 5.32 Å². The van der Waals surface area contributed by atoms with Crippen molar-refractivity contribution in [1.29, 1.82) is 0 Å². The highest BCUT2D eigenvalue weighted by atomic mass is 32.2. The number of carbonyl (C=O) groups excluding carboxylic acids is 2. The molecule has 3 heterocycles. The Morgan fingerprint density at radius 3 is 2.78 bits per heavy atom. The molecular formula is C22H32N6O3S. The molecule has 3 rings (SSSR count). The number of hydrogen-bond donors (Lipinski definition) is 1. The number of nitrogens with one attached hydrogen (secondary N) is 1. The van der Waals surface area contributed by atoms with Gasteiger partial charge < -0.3 is 19.5 Å². The molecule has 0 radical (unpaired) electrons. The van der Waals surface area contributed by atoms with Crippen molar-refractivity contribution < 1.29 is 14.3 Å². The van der Waals surface area contributed by atoms with Crippen molar-refractivity contribution in [2.75, 3.05) is 32.6 Å². The minimum absolute atomic E-state index is 0.0631. The van der Waals surface area contributed by atoms with Crippen molar-refractivity contribution in [1.82, 2.24) is 30.0 Å². The van der Waals surface area contributed by atoms with Gasteiger partial charge in [0.1, 0.15) is 5.82 Å². The van der Waals surface area contributed by atoms with E-state index in [1.807, 2.05) is 23.1 Å². The molecule has 174 valence electrons. The lowest BCUT2D eigenvalue weighted by molar-refractivity contribution is -0.128. The molecule has 2 aromatic heterocycles. The highest BCUT2D eigenvalue weighted by Crippen LogP contribution is 2.23. The van der Waals surface area contributed by atoms with E-state index in [0.717, 1.165) is 23.1 Å². The number of amides is 2. The number of ether oxygens (including phenoxy) is 1. The molecule has 2 amide bonds. The average molecular weight is 461 g/mol. The summed E-state index contributed by atoms with van der Waals surface area (Å²) in [5.74, 6) is 2.38. The number of hydrogen-bond acceptors (Lipinski definition) is 7. The number of nitrogens with zero attached hydrogens (tertiary/aromatic N) is 5. The molecule has 1 unspecified atom stereocenters. The lowest BCUT2D eigenvalue weighted by Crippen LogP contribution is -2.35. The maximum absolute atomic E-state index is 12.8. The van der Waals surface area contributed by atoms with Gasteiger partial charge in [-0.1, -0.05) is 31.7 Å². The molecule has 0 saturated carbocycles. The zero-order chi connectivity index (χ0) is 22.9.